The number of carbonyl (C=O) groups excluding carboxylic acids is 1. The molecule has 0 spiro atoms. The van der Waals surface area contributed by atoms with E-state index in [0.717, 1.165) is 11.5 Å². The van der Waals surface area contributed by atoms with Crippen molar-refractivity contribution in [3.63, 3.8) is 0 Å². The standard InChI is InChI=1S/C19H16ClN3O3/c1-12-2-4-14(26-12)5-7-18(24)22-9-8-16-15(11-22)19(25)23-10-13(20)3-6-17(23)21-16/h2-7,10H,8-9,11H2,1H3/b7-5+. The highest BCUT2D eigenvalue weighted by atomic mass is 35.5. The van der Waals surface area contributed by atoms with Crippen molar-refractivity contribution < 1.29 is 9.21 Å². The van der Waals surface area contributed by atoms with Crippen molar-refractivity contribution in [2.24, 2.45) is 0 Å². The van der Waals surface area contributed by atoms with Gasteiger partial charge in [0.15, 0.2) is 0 Å². The first-order chi connectivity index (χ1) is 12.5. The fourth-order valence-corrected chi connectivity index (χ4v) is 3.22. The van der Waals surface area contributed by atoms with Gasteiger partial charge in [0.2, 0.25) is 5.91 Å². The Balaban J connectivity index is 1.61. The molecule has 4 heterocycles. The molecular weight excluding hydrogens is 354 g/mol. The minimum atomic E-state index is -0.185. The van der Waals surface area contributed by atoms with Gasteiger partial charge in [-0.25, -0.2) is 4.98 Å². The third-order valence-electron chi connectivity index (χ3n) is 4.40. The third-order valence-corrected chi connectivity index (χ3v) is 4.62. The van der Waals surface area contributed by atoms with Gasteiger partial charge in [-0.3, -0.25) is 14.0 Å². The summed E-state index contributed by atoms with van der Waals surface area (Å²) in [6.45, 7) is 2.60. The molecule has 26 heavy (non-hydrogen) atoms. The van der Waals surface area contributed by atoms with Crippen molar-refractivity contribution >= 4 is 29.2 Å². The van der Waals surface area contributed by atoms with Crippen molar-refractivity contribution in [3.05, 3.63) is 74.7 Å². The van der Waals surface area contributed by atoms with Crippen LogP contribution in [-0.4, -0.2) is 26.7 Å². The zero-order valence-corrected chi connectivity index (χ0v) is 14.9. The van der Waals surface area contributed by atoms with Gasteiger partial charge in [-0.1, -0.05) is 11.6 Å². The van der Waals surface area contributed by atoms with Gasteiger partial charge < -0.3 is 9.32 Å². The summed E-state index contributed by atoms with van der Waals surface area (Å²) in [5.74, 6) is 1.24. The normalized spacial score (nSPS) is 14.2. The van der Waals surface area contributed by atoms with Crippen LogP contribution in [0.5, 0.6) is 0 Å². The van der Waals surface area contributed by atoms with Gasteiger partial charge >= 0.3 is 0 Å². The lowest BCUT2D eigenvalue weighted by Gasteiger charge is -2.27. The minimum absolute atomic E-state index is 0.166. The van der Waals surface area contributed by atoms with E-state index in [4.69, 9.17) is 16.0 Å². The van der Waals surface area contributed by atoms with E-state index < -0.39 is 0 Å². The van der Waals surface area contributed by atoms with Crippen LogP contribution in [0.4, 0.5) is 0 Å². The second kappa shape index (κ2) is 6.46. The molecule has 0 fully saturated rings. The molecule has 0 unspecified atom stereocenters. The molecule has 3 aromatic rings. The van der Waals surface area contributed by atoms with E-state index in [-0.39, 0.29) is 18.0 Å². The van der Waals surface area contributed by atoms with E-state index >= 15 is 0 Å². The number of rotatable bonds is 2. The van der Waals surface area contributed by atoms with Gasteiger partial charge in [-0.15, -0.1) is 0 Å². The zero-order chi connectivity index (χ0) is 18.3. The first-order valence-corrected chi connectivity index (χ1v) is 8.62. The Labute approximate surface area is 154 Å². The van der Waals surface area contributed by atoms with Crippen molar-refractivity contribution in [2.45, 2.75) is 19.9 Å². The molecule has 1 aliphatic heterocycles. The van der Waals surface area contributed by atoms with Crippen LogP contribution in [0.1, 0.15) is 22.8 Å². The maximum Gasteiger partial charge on any atom is 0.263 e. The van der Waals surface area contributed by atoms with Crippen molar-refractivity contribution in [1.29, 1.82) is 0 Å². The number of pyridine rings is 1. The molecule has 132 valence electrons. The number of hydrogen-bond donors (Lipinski definition) is 0. The minimum Gasteiger partial charge on any atom is -0.462 e. The van der Waals surface area contributed by atoms with E-state index in [2.05, 4.69) is 4.98 Å². The highest BCUT2D eigenvalue weighted by molar-refractivity contribution is 6.30. The maximum absolute atomic E-state index is 12.8. The summed E-state index contributed by atoms with van der Waals surface area (Å²) in [4.78, 5) is 31.4. The molecule has 0 atom stereocenters. The largest absolute Gasteiger partial charge is 0.462 e. The summed E-state index contributed by atoms with van der Waals surface area (Å²) in [6.07, 6.45) is 5.19. The van der Waals surface area contributed by atoms with E-state index in [1.165, 1.54) is 10.5 Å². The molecule has 0 saturated heterocycles. The molecule has 7 heteroatoms. The summed E-state index contributed by atoms with van der Waals surface area (Å²) in [5, 5.41) is 0.460. The topological polar surface area (TPSA) is 67.8 Å². The molecule has 6 nitrogen and oxygen atoms in total. The van der Waals surface area contributed by atoms with Crippen LogP contribution >= 0.6 is 11.6 Å². The van der Waals surface area contributed by atoms with Gasteiger partial charge in [0.1, 0.15) is 17.2 Å². The Morgan fingerprint density at radius 2 is 2.15 bits per heavy atom. The molecule has 3 aromatic heterocycles. The molecule has 0 saturated carbocycles. The number of halogens is 1. The number of nitrogens with zero attached hydrogens (tertiary/aromatic N) is 3. The van der Waals surface area contributed by atoms with Crippen molar-refractivity contribution in [3.8, 4) is 0 Å². The van der Waals surface area contributed by atoms with Crippen LogP contribution in [0.25, 0.3) is 11.7 Å². The lowest BCUT2D eigenvalue weighted by molar-refractivity contribution is -0.126. The molecule has 0 aromatic carbocycles. The average Bonchev–Trinajstić information content (AvgIpc) is 3.05. The Kier molecular flexibility index (Phi) is 4.12. The lowest BCUT2D eigenvalue weighted by atomic mass is 10.1. The molecular formula is C19H16ClN3O3. The Morgan fingerprint density at radius 1 is 1.31 bits per heavy atom. The summed E-state index contributed by atoms with van der Waals surface area (Å²) in [5.41, 5.74) is 1.65. The monoisotopic (exact) mass is 369 g/mol. The quantitative estimate of drug-likeness (QED) is 0.651. The SMILES string of the molecule is Cc1ccc(/C=C/C(=O)N2CCc3nc4ccc(Cl)cn4c(=O)c3C2)o1. The predicted octanol–water partition coefficient (Wildman–Crippen LogP) is 2.85. The second-order valence-corrected chi connectivity index (χ2v) is 6.65. The first-order valence-electron chi connectivity index (χ1n) is 8.24. The third kappa shape index (κ3) is 3.04. The average molecular weight is 370 g/mol. The smallest absolute Gasteiger partial charge is 0.263 e. The predicted molar refractivity (Wildman–Crippen MR) is 98.1 cm³/mol. The van der Waals surface area contributed by atoms with Crippen LogP contribution in [0.3, 0.4) is 0 Å². The van der Waals surface area contributed by atoms with Crippen LogP contribution in [0, 0.1) is 6.92 Å². The number of aromatic nitrogens is 2. The van der Waals surface area contributed by atoms with Crippen molar-refractivity contribution in [2.75, 3.05) is 6.54 Å². The Morgan fingerprint density at radius 3 is 2.92 bits per heavy atom. The van der Waals surface area contributed by atoms with E-state index in [0.29, 0.717) is 35.0 Å². The number of aryl methyl sites for hydroxylation is 1. The van der Waals surface area contributed by atoms with E-state index in [1.807, 2.05) is 13.0 Å². The molecule has 0 N–H and O–H groups in total. The van der Waals surface area contributed by atoms with Crippen LogP contribution in [-0.2, 0) is 17.8 Å². The van der Waals surface area contributed by atoms with E-state index in [1.54, 1.807) is 35.4 Å². The number of amides is 1. The number of hydrogen-bond acceptors (Lipinski definition) is 4. The molecule has 0 aliphatic carbocycles. The number of furan rings is 1. The Hall–Kier alpha value is -2.86. The first kappa shape index (κ1) is 16.6. The van der Waals surface area contributed by atoms with Gasteiger partial charge in [0.25, 0.3) is 5.56 Å². The van der Waals surface area contributed by atoms with Crippen LogP contribution in [0.2, 0.25) is 5.02 Å². The highest BCUT2D eigenvalue weighted by Gasteiger charge is 2.24. The highest BCUT2D eigenvalue weighted by Crippen LogP contribution is 2.17. The van der Waals surface area contributed by atoms with Crippen LogP contribution in [0.15, 0.2) is 45.8 Å². The molecule has 1 amide bonds. The second-order valence-electron chi connectivity index (χ2n) is 6.21. The van der Waals surface area contributed by atoms with Gasteiger partial charge in [-0.05, 0) is 37.3 Å². The molecule has 1 aliphatic rings. The summed E-state index contributed by atoms with van der Waals surface area (Å²) >= 11 is 5.98. The fourth-order valence-electron chi connectivity index (χ4n) is 3.06. The van der Waals surface area contributed by atoms with Crippen LogP contribution < -0.4 is 5.56 Å². The summed E-state index contributed by atoms with van der Waals surface area (Å²) < 4.78 is 6.85. The summed E-state index contributed by atoms with van der Waals surface area (Å²) in [7, 11) is 0. The van der Waals surface area contributed by atoms with Gasteiger partial charge in [0.05, 0.1) is 22.8 Å². The fraction of sp³-hybridized carbons (Fsp3) is 0.211. The zero-order valence-electron chi connectivity index (χ0n) is 14.1. The van der Waals surface area contributed by atoms with E-state index in [9.17, 15) is 9.59 Å². The molecule has 0 bridgehead atoms. The van der Waals surface area contributed by atoms with Gasteiger partial charge in [0, 0.05) is 25.2 Å². The number of carbonyl (C=O) groups is 1. The maximum atomic E-state index is 12.8. The molecule has 0 radical (unpaired) electrons. The summed E-state index contributed by atoms with van der Waals surface area (Å²) in [6, 6.07) is 7.06. The lowest BCUT2D eigenvalue weighted by Crippen LogP contribution is -2.39. The van der Waals surface area contributed by atoms with Crippen molar-refractivity contribution in [1.82, 2.24) is 14.3 Å². The molecule has 4 rings (SSSR count). The number of fused-ring (bicyclic) bond motifs is 2. The Bertz CT molecular complexity index is 1100. The van der Waals surface area contributed by atoms with Gasteiger partial charge in [-0.2, -0.15) is 0 Å².